The highest BCUT2D eigenvalue weighted by Crippen LogP contribution is 2.24. The Morgan fingerprint density at radius 1 is 1.33 bits per heavy atom. The normalized spacial score (nSPS) is 27.6. The van der Waals surface area contributed by atoms with Gasteiger partial charge in [-0.05, 0) is 24.5 Å². The summed E-state index contributed by atoms with van der Waals surface area (Å²) in [5.74, 6) is 0. The highest BCUT2D eigenvalue weighted by Gasteiger charge is 2.38. The van der Waals surface area contributed by atoms with Crippen molar-refractivity contribution in [3.8, 4) is 0 Å². The molecule has 1 heterocycles. The molecule has 0 spiro atoms. The minimum atomic E-state index is -0.705. The number of aliphatic hydroxyl groups is 1. The molecule has 0 aliphatic carbocycles. The summed E-state index contributed by atoms with van der Waals surface area (Å²) in [5.41, 5.74) is 1.90. The highest BCUT2D eigenvalue weighted by atomic mass is 16.5. The molecule has 0 bridgehead atoms. The van der Waals surface area contributed by atoms with Crippen LogP contribution in [-0.2, 0) is 17.7 Å². The van der Waals surface area contributed by atoms with E-state index in [1.54, 1.807) is 0 Å². The lowest BCUT2D eigenvalue weighted by molar-refractivity contribution is -0.0262. The van der Waals surface area contributed by atoms with E-state index in [9.17, 15) is 5.11 Å². The van der Waals surface area contributed by atoms with E-state index in [-0.39, 0.29) is 6.10 Å². The van der Waals surface area contributed by atoms with Crippen LogP contribution in [0.1, 0.15) is 31.4 Å². The van der Waals surface area contributed by atoms with E-state index in [1.807, 2.05) is 6.92 Å². The van der Waals surface area contributed by atoms with E-state index in [0.29, 0.717) is 13.2 Å². The van der Waals surface area contributed by atoms with Crippen LogP contribution < -0.4 is 5.32 Å². The molecule has 3 nitrogen and oxygen atoms in total. The number of benzene rings is 1. The van der Waals surface area contributed by atoms with Crippen LogP contribution in [-0.4, -0.2) is 30.0 Å². The van der Waals surface area contributed by atoms with Crippen molar-refractivity contribution in [1.82, 2.24) is 5.32 Å². The fourth-order valence-electron chi connectivity index (χ4n) is 2.32. The molecule has 1 aromatic carbocycles. The molecule has 2 atom stereocenters. The zero-order valence-corrected chi connectivity index (χ0v) is 11.3. The van der Waals surface area contributed by atoms with E-state index >= 15 is 0 Å². The van der Waals surface area contributed by atoms with E-state index in [0.717, 1.165) is 19.4 Å². The minimum absolute atomic E-state index is 0.0764. The van der Waals surface area contributed by atoms with Crippen LogP contribution in [0, 0.1) is 0 Å². The second kappa shape index (κ2) is 5.83. The summed E-state index contributed by atoms with van der Waals surface area (Å²) in [4.78, 5) is 0. The van der Waals surface area contributed by atoms with Gasteiger partial charge in [0.05, 0.1) is 6.10 Å². The van der Waals surface area contributed by atoms with E-state index in [2.05, 4.69) is 36.5 Å². The third-order valence-corrected chi connectivity index (χ3v) is 3.85. The molecule has 1 saturated heterocycles. The molecule has 0 unspecified atom stereocenters. The van der Waals surface area contributed by atoms with Crippen LogP contribution in [0.2, 0.25) is 0 Å². The topological polar surface area (TPSA) is 41.5 Å². The zero-order valence-electron chi connectivity index (χ0n) is 11.3. The molecule has 1 aliphatic heterocycles. The van der Waals surface area contributed by atoms with Gasteiger partial charge in [-0.3, -0.25) is 0 Å². The zero-order chi connectivity index (χ0) is 13.0. The average molecular weight is 249 g/mol. The van der Waals surface area contributed by atoms with Crippen molar-refractivity contribution >= 4 is 0 Å². The van der Waals surface area contributed by atoms with Crippen LogP contribution in [0.25, 0.3) is 0 Å². The molecule has 1 aliphatic rings. The van der Waals surface area contributed by atoms with Crippen LogP contribution in [0.15, 0.2) is 24.3 Å². The highest BCUT2D eigenvalue weighted by molar-refractivity contribution is 5.22. The second-order valence-electron chi connectivity index (χ2n) is 5.14. The minimum Gasteiger partial charge on any atom is -0.386 e. The Labute approximate surface area is 109 Å². The first kappa shape index (κ1) is 13.5. The quantitative estimate of drug-likeness (QED) is 0.837. The molecule has 1 fully saturated rings. The van der Waals surface area contributed by atoms with Crippen molar-refractivity contribution in [3.63, 3.8) is 0 Å². The Bertz CT molecular complexity index is 377. The SMILES string of the molecule is CCc1ccc(CNC[C@@]2(O)CCO[C@@H]2C)cc1. The van der Waals surface area contributed by atoms with Gasteiger partial charge in [0.2, 0.25) is 0 Å². The summed E-state index contributed by atoms with van der Waals surface area (Å²) in [7, 11) is 0. The molecule has 0 aromatic heterocycles. The van der Waals surface area contributed by atoms with Gasteiger partial charge in [-0.25, -0.2) is 0 Å². The lowest BCUT2D eigenvalue weighted by Crippen LogP contribution is -2.45. The summed E-state index contributed by atoms with van der Waals surface area (Å²) in [6.45, 7) is 6.13. The molecule has 2 N–H and O–H groups in total. The predicted octanol–water partition coefficient (Wildman–Crippen LogP) is 1.88. The number of rotatable bonds is 5. The smallest absolute Gasteiger partial charge is 0.105 e. The van der Waals surface area contributed by atoms with Crippen molar-refractivity contribution in [2.45, 2.75) is 44.9 Å². The molecular formula is C15H23NO2. The fourth-order valence-corrected chi connectivity index (χ4v) is 2.32. The summed E-state index contributed by atoms with van der Waals surface area (Å²) < 4.78 is 5.41. The standard InChI is InChI=1S/C15H23NO2/c1-3-13-4-6-14(7-5-13)10-16-11-15(17)8-9-18-12(15)2/h4-7,12,16-17H,3,8-11H2,1-2H3/t12-,15+/m1/s1. The number of hydrogen-bond acceptors (Lipinski definition) is 3. The largest absolute Gasteiger partial charge is 0.386 e. The van der Waals surface area contributed by atoms with Crippen LogP contribution in [0.5, 0.6) is 0 Å². The number of ether oxygens (including phenoxy) is 1. The van der Waals surface area contributed by atoms with Crippen molar-refractivity contribution in [2.24, 2.45) is 0 Å². The van der Waals surface area contributed by atoms with Gasteiger partial charge in [0.1, 0.15) is 5.60 Å². The van der Waals surface area contributed by atoms with Crippen molar-refractivity contribution in [1.29, 1.82) is 0 Å². The Balaban J connectivity index is 1.81. The third-order valence-electron chi connectivity index (χ3n) is 3.85. The molecule has 100 valence electrons. The Hall–Kier alpha value is -0.900. The summed E-state index contributed by atoms with van der Waals surface area (Å²) in [5, 5.41) is 13.7. The van der Waals surface area contributed by atoms with Crippen LogP contribution in [0.4, 0.5) is 0 Å². The lowest BCUT2D eigenvalue weighted by atomic mass is 9.96. The maximum atomic E-state index is 10.3. The molecule has 18 heavy (non-hydrogen) atoms. The van der Waals surface area contributed by atoms with Crippen LogP contribution in [0.3, 0.4) is 0 Å². The van der Waals surface area contributed by atoms with Gasteiger partial charge in [-0.15, -0.1) is 0 Å². The summed E-state index contributed by atoms with van der Waals surface area (Å²) >= 11 is 0. The molecule has 3 heteroatoms. The Morgan fingerprint density at radius 2 is 2.00 bits per heavy atom. The van der Waals surface area contributed by atoms with Gasteiger partial charge in [-0.2, -0.15) is 0 Å². The van der Waals surface area contributed by atoms with Gasteiger partial charge >= 0.3 is 0 Å². The first-order valence-corrected chi connectivity index (χ1v) is 6.76. The molecule has 2 rings (SSSR count). The Kier molecular flexibility index (Phi) is 4.38. The average Bonchev–Trinajstić information content (AvgIpc) is 2.71. The molecule has 0 amide bonds. The van der Waals surface area contributed by atoms with E-state index < -0.39 is 5.60 Å². The first-order chi connectivity index (χ1) is 8.64. The first-order valence-electron chi connectivity index (χ1n) is 6.76. The molecule has 0 radical (unpaired) electrons. The van der Waals surface area contributed by atoms with Crippen LogP contribution >= 0.6 is 0 Å². The maximum absolute atomic E-state index is 10.3. The van der Waals surface area contributed by atoms with E-state index in [1.165, 1.54) is 11.1 Å². The number of nitrogens with one attached hydrogen (secondary N) is 1. The van der Waals surface area contributed by atoms with E-state index in [4.69, 9.17) is 4.74 Å². The van der Waals surface area contributed by atoms with Crippen molar-refractivity contribution < 1.29 is 9.84 Å². The van der Waals surface area contributed by atoms with Crippen molar-refractivity contribution in [3.05, 3.63) is 35.4 Å². The van der Waals surface area contributed by atoms with Gasteiger partial charge in [0, 0.05) is 26.1 Å². The third kappa shape index (κ3) is 3.10. The lowest BCUT2D eigenvalue weighted by Gasteiger charge is -2.26. The molecule has 1 aromatic rings. The number of hydrogen-bond donors (Lipinski definition) is 2. The second-order valence-corrected chi connectivity index (χ2v) is 5.14. The molecular weight excluding hydrogens is 226 g/mol. The summed E-state index contributed by atoms with van der Waals surface area (Å²) in [6.07, 6.45) is 1.71. The predicted molar refractivity (Wildman–Crippen MR) is 72.5 cm³/mol. The van der Waals surface area contributed by atoms with Gasteiger partial charge in [-0.1, -0.05) is 31.2 Å². The summed E-state index contributed by atoms with van der Waals surface area (Å²) in [6, 6.07) is 8.61. The number of aryl methyl sites for hydroxylation is 1. The van der Waals surface area contributed by atoms with Gasteiger partial charge in [0.25, 0.3) is 0 Å². The monoisotopic (exact) mass is 249 g/mol. The Morgan fingerprint density at radius 3 is 2.56 bits per heavy atom. The van der Waals surface area contributed by atoms with Crippen molar-refractivity contribution in [2.75, 3.05) is 13.2 Å². The van der Waals surface area contributed by atoms with Gasteiger partial charge < -0.3 is 15.2 Å². The molecule has 0 saturated carbocycles. The fraction of sp³-hybridized carbons (Fsp3) is 0.600. The van der Waals surface area contributed by atoms with Gasteiger partial charge in [0.15, 0.2) is 0 Å². The maximum Gasteiger partial charge on any atom is 0.105 e.